The standard InChI is InChI=1S/C20H20ClN5O/c21-15-7-11-17(12-8-15)23-20(27)22-16-9-5-14(6-10-16)19-25-24-18-4-2-1-3-13-26(18)19/h5-12H,1-4,13H2,(H2,22,23,27). The molecule has 2 N–H and O–H groups in total. The number of aromatic nitrogens is 3. The number of halogens is 1. The van der Waals surface area contributed by atoms with Crippen LogP contribution >= 0.6 is 11.6 Å². The highest BCUT2D eigenvalue weighted by molar-refractivity contribution is 6.30. The van der Waals surface area contributed by atoms with Gasteiger partial charge in [0, 0.05) is 34.9 Å². The normalized spacial score (nSPS) is 13.5. The van der Waals surface area contributed by atoms with Crippen LogP contribution in [0.3, 0.4) is 0 Å². The minimum Gasteiger partial charge on any atom is -0.311 e. The van der Waals surface area contributed by atoms with E-state index in [1.165, 1.54) is 12.8 Å². The molecule has 0 unspecified atom stereocenters. The number of anilines is 2. The number of hydrogen-bond donors (Lipinski definition) is 2. The molecule has 2 aromatic carbocycles. The van der Waals surface area contributed by atoms with Gasteiger partial charge in [0.2, 0.25) is 0 Å². The van der Waals surface area contributed by atoms with Crippen LogP contribution in [0.2, 0.25) is 5.02 Å². The van der Waals surface area contributed by atoms with Gasteiger partial charge in [-0.15, -0.1) is 10.2 Å². The van der Waals surface area contributed by atoms with E-state index in [-0.39, 0.29) is 6.03 Å². The second-order valence-corrected chi connectivity index (χ2v) is 7.00. The number of fused-ring (bicyclic) bond motifs is 1. The molecule has 0 radical (unpaired) electrons. The van der Waals surface area contributed by atoms with E-state index in [1.807, 2.05) is 24.3 Å². The Morgan fingerprint density at radius 3 is 2.26 bits per heavy atom. The van der Waals surface area contributed by atoms with Gasteiger partial charge in [0.05, 0.1) is 0 Å². The summed E-state index contributed by atoms with van der Waals surface area (Å²) in [5.74, 6) is 1.95. The Kier molecular flexibility index (Phi) is 5.07. The van der Waals surface area contributed by atoms with E-state index in [0.717, 1.165) is 36.6 Å². The molecule has 1 aromatic heterocycles. The fourth-order valence-electron chi connectivity index (χ4n) is 3.23. The van der Waals surface area contributed by atoms with E-state index in [1.54, 1.807) is 24.3 Å². The summed E-state index contributed by atoms with van der Waals surface area (Å²) in [4.78, 5) is 12.1. The van der Waals surface area contributed by atoms with Crippen LogP contribution in [0.5, 0.6) is 0 Å². The summed E-state index contributed by atoms with van der Waals surface area (Å²) in [6.07, 6.45) is 4.54. The number of urea groups is 1. The predicted molar refractivity (Wildman–Crippen MR) is 107 cm³/mol. The summed E-state index contributed by atoms with van der Waals surface area (Å²) in [6.45, 7) is 0.959. The van der Waals surface area contributed by atoms with Gasteiger partial charge in [0.1, 0.15) is 5.82 Å². The number of benzene rings is 2. The van der Waals surface area contributed by atoms with Crippen LogP contribution in [-0.2, 0) is 13.0 Å². The summed E-state index contributed by atoms with van der Waals surface area (Å²) in [7, 11) is 0. The number of carbonyl (C=O) groups excluding carboxylic acids is 1. The zero-order valence-electron chi connectivity index (χ0n) is 14.8. The largest absolute Gasteiger partial charge is 0.323 e. The first-order valence-electron chi connectivity index (χ1n) is 9.05. The van der Waals surface area contributed by atoms with E-state index in [2.05, 4.69) is 25.4 Å². The van der Waals surface area contributed by atoms with Gasteiger partial charge >= 0.3 is 6.03 Å². The van der Waals surface area contributed by atoms with Gasteiger partial charge in [-0.2, -0.15) is 0 Å². The molecule has 0 saturated carbocycles. The van der Waals surface area contributed by atoms with Gasteiger partial charge in [-0.1, -0.05) is 18.0 Å². The molecule has 1 aliphatic heterocycles. The molecule has 0 aliphatic carbocycles. The van der Waals surface area contributed by atoms with Gasteiger partial charge < -0.3 is 15.2 Å². The molecule has 6 nitrogen and oxygen atoms in total. The quantitative estimate of drug-likeness (QED) is 0.672. The SMILES string of the molecule is O=C(Nc1ccc(Cl)cc1)Nc1ccc(-c2nnc3n2CCCCC3)cc1. The molecular weight excluding hydrogens is 362 g/mol. The van der Waals surface area contributed by atoms with Crippen LogP contribution in [0.4, 0.5) is 16.2 Å². The minimum absolute atomic E-state index is 0.304. The second-order valence-electron chi connectivity index (χ2n) is 6.57. The monoisotopic (exact) mass is 381 g/mol. The molecule has 4 rings (SSSR count). The Hall–Kier alpha value is -2.86. The van der Waals surface area contributed by atoms with Crippen molar-refractivity contribution in [3.63, 3.8) is 0 Å². The Labute approximate surface area is 162 Å². The maximum absolute atomic E-state index is 12.1. The van der Waals surface area contributed by atoms with Crippen molar-refractivity contribution in [3.8, 4) is 11.4 Å². The van der Waals surface area contributed by atoms with Crippen molar-refractivity contribution in [2.45, 2.75) is 32.2 Å². The van der Waals surface area contributed by atoms with Crippen molar-refractivity contribution in [1.82, 2.24) is 14.8 Å². The molecule has 2 amide bonds. The van der Waals surface area contributed by atoms with E-state index in [4.69, 9.17) is 11.6 Å². The molecule has 0 saturated heterocycles. The smallest absolute Gasteiger partial charge is 0.311 e. The Morgan fingerprint density at radius 1 is 0.889 bits per heavy atom. The van der Waals surface area contributed by atoms with Crippen LogP contribution in [0.15, 0.2) is 48.5 Å². The molecule has 2 heterocycles. The molecule has 7 heteroatoms. The lowest BCUT2D eigenvalue weighted by Crippen LogP contribution is -2.19. The molecule has 0 bridgehead atoms. The Bertz CT molecular complexity index is 934. The van der Waals surface area contributed by atoms with Crippen molar-refractivity contribution >= 4 is 29.0 Å². The third kappa shape index (κ3) is 4.11. The first-order valence-corrected chi connectivity index (χ1v) is 9.43. The number of rotatable bonds is 3. The van der Waals surface area contributed by atoms with E-state index < -0.39 is 0 Å². The van der Waals surface area contributed by atoms with Crippen molar-refractivity contribution < 1.29 is 4.79 Å². The molecule has 0 spiro atoms. The fraction of sp³-hybridized carbons (Fsp3) is 0.250. The lowest BCUT2D eigenvalue weighted by Gasteiger charge is -2.09. The molecule has 138 valence electrons. The summed E-state index contributed by atoms with van der Waals surface area (Å²) < 4.78 is 2.21. The number of hydrogen-bond acceptors (Lipinski definition) is 3. The van der Waals surface area contributed by atoms with Crippen molar-refractivity contribution in [2.24, 2.45) is 0 Å². The first-order chi connectivity index (χ1) is 13.2. The lowest BCUT2D eigenvalue weighted by atomic mass is 10.2. The van der Waals surface area contributed by atoms with E-state index in [0.29, 0.717) is 16.4 Å². The van der Waals surface area contributed by atoms with Crippen molar-refractivity contribution in [1.29, 1.82) is 0 Å². The lowest BCUT2D eigenvalue weighted by molar-refractivity contribution is 0.262. The van der Waals surface area contributed by atoms with Gasteiger partial charge in [-0.05, 0) is 61.4 Å². The van der Waals surface area contributed by atoms with E-state index >= 15 is 0 Å². The van der Waals surface area contributed by atoms with Gasteiger partial charge in [-0.3, -0.25) is 0 Å². The first kappa shape index (κ1) is 17.5. The van der Waals surface area contributed by atoms with Crippen molar-refractivity contribution in [3.05, 3.63) is 59.4 Å². The van der Waals surface area contributed by atoms with Crippen LogP contribution < -0.4 is 10.6 Å². The van der Waals surface area contributed by atoms with Gasteiger partial charge in [-0.25, -0.2) is 4.79 Å². The van der Waals surface area contributed by atoms with Crippen LogP contribution in [0.25, 0.3) is 11.4 Å². The Morgan fingerprint density at radius 2 is 1.56 bits per heavy atom. The Balaban J connectivity index is 1.44. The summed E-state index contributed by atoms with van der Waals surface area (Å²) in [5, 5.41) is 14.9. The summed E-state index contributed by atoms with van der Waals surface area (Å²) >= 11 is 5.85. The number of amides is 2. The number of nitrogens with zero attached hydrogens (tertiary/aromatic N) is 3. The van der Waals surface area contributed by atoms with Crippen LogP contribution in [0.1, 0.15) is 25.1 Å². The average Bonchev–Trinajstić information content (AvgIpc) is 2.92. The third-order valence-corrected chi connectivity index (χ3v) is 4.86. The minimum atomic E-state index is -0.304. The summed E-state index contributed by atoms with van der Waals surface area (Å²) in [5.41, 5.74) is 2.39. The molecule has 27 heavy (non-hydrogen) atoms. The molecule has 1 aliphatic rings. The third-order valence-electron chi connectivity index (χ3n) is 4.61. The highest BCUT2D eigenvalue weighted by Gasteiger charge is 2.16. The fourth-order valence-corrected chi connectivity index (χ4v) is 3.35. The average molecular weight is 382 g/mol. The van der Waals surface area contributed by atoms with Crippen molar-refractivity contribution in [2.75, 3.05) is 10.6 Å². The molecular formula is C20H20ClN5O. The van der Waals surface area contributed by atoms with Gasteiger partial charge in [0.25, 0.3) is 0 Å². The topological polar surface area (TPSA) is 71.8 Å². The number of carbonyl (C=O) groups is 1. The maximum Gasteiger partial charge on any atom is 0.323 e. The zero-order chi connectivity index (χ0) is 18.6. The second kappa shape index (κ2) is 7.80. The van der Waals surface area contributed by atoms with Crippen LogP contribution in [0, 0.1) is 0 Å². The van der Waals surface area contributed by atoms with E-state index in [9.17, 15) is 4.79 Å². The number of aryl methyl sites for hydroxylation is 1. The zero-order valence-corrected chi connectivity index (χ0v) is 15.5. The predicted octanol–water partition coefficient (Wildman–Crippen LogP) is 4.97. The number of nitrogens with one attached hydrogen (secondary N) is 2. The van der Waals surface area contributed by atoms with Gasteiger partial charge in [0.15, 0.2) is 5.82 Å². The highest BCUT2D eigenvalue weighted by atomic mass is 35.5. The molecule has 0 fully saturated rings. The highest BCUT2D eigenvalue weighted by Crippen LogP contribution is 2.24. The van der Waals surface area contributed by atoms with Crippen LogP contribution in [-0.4, -0.2) is 20.8 Å². The maximum atomic E-state index is 12.1. The molecule has 3 aromatic rings. The summed E-state index contributed by atoms with van der Waals surface area (Å²) in [6, 6.07) is 14.3. The molecule has 0 atom stereocenters.